The van der Waals surface area contributed by atoms with Crippen LogP contribution in [0.4, 0.5) is 0 Å². The van der Waals surface area contributed by atoms with Crippen molar-refractivity contribution in [2.75, 3.05) is 0 Å². The lowest BCUT2D eigenvalue weighted by Crippen LogP contribution is -2.10. The van der Waals surface area contributed by atoms with Crippen molar-refractivity contribution >= 4 is 0 Å². The number of ether oxygens (including phenoxy) is 1. The van der Waals surface area contributed by atoms with Crippen LogP contribution in [-0.2, 0) is 6.42 Å². The highest BCUT2D eigenvalue weighted by molar-refractivity contribution is 5.33. The van der Waals surface area contributed by atoms with Gasteiger partial charge in [-0.05, 0) is 36.2 Å². The second kappa shape index (κ2) is 6.69. The lowest BCUT2D eigenvalue weighted by molar-refractivity contribution is 0.479. The first-order valence-electron chi connectivity index (χ1n) is 6.58. The first-order valence-corrected chi connectivity index (χ1v) is 6.58. The standard InChI is InChI=1S/C16H17N3O/c1-2-15(18)16-8-7-14(11-19-16)20-13-5-3-12(4-6-13)9-10-17/h3-8,11,15H,2,9,18H2,1H3/t15-/m1/s1. The largest absolute Gasteiger partial charge is 0.456 e. The average Bonchev–Trinajstić information content (AvgIpc) is 2.49. The smallest absolute Gasteiger partial charge is 0.145 e. The fraction of sp³-hybridized carbons (Fsp3) is 0.250. The van der Waals surface area contributed by atoms with Crippen molar-refractivity contribution in [2.45, 2.75) is 25.8 Å². The second-order valence-electron chi connectivity index (χ2n) is 4.51. The maximum atomic E-state index is 8.62. The van der Waals surface area contributed by atoms with E-state index in [0.717, 1.165) is 23.4 Å². The summed E-state index contributed by atoms with van der Waals surface area (Å²) in [7, 11) is 0. The summed E-state index contributed by atoms with van der Waals surface area (Å²) in [6.45, 7) is 2.03. The predicted octanol–water partition coefficient (Wildman–Crippen LogP) is 3.35. The molecular formula is C16H17N3O. The number of benzene rings is 1. The van der Waals surface area contributed by atoms with E-state index in [9.17, 15) is 0 Å². The average molecular weight is 267 g/mol. The van der Waals surface area contributed by atoms with Gasteiger partial charge in [-0.3, -0.25) is 4.98 Å². The van der Waals surface area contributed by atoms with E-state index in [-0.39, 0.29) is 6.04 Å². The van der Waals surface area contributed by atoms with Crippen LogP contribution in [0.3, 0.4) is 0 Å². The third-order valence-electron chi connectivity index (χ3n) is 3.02. The summed E-state index contributed by atoms with van der Waals surface area (Å²) in [5.74, 6) is 1.39. The van der Waals surface area contributed by atoms with Crippen LogP contribution in [0.25, 0.3) is 0 Å². The topological polar surface area (TPSA) is 71.9 Å². The zero-order valence-corrected chi connectivity index (χ0v) is 11.4. The second-order valence-corrected chi connectivity index (χ2v) is 4.51. The monoisotopic (exact) mass is 267 g/mol. The molecule has 0 aliphatic rings. The maximum Gasteiger partial charge on any atom is 0.145 e. The van der Waals surface area contributed by atoms with E-state index < -0.39 is 0 Å². The van der Waals surface area contributed by atoms with Crippen LogP contribution in [-0.4, -0.2) is 4.98 Å². The minimum atomic E-state index is -0.0330. The van der Waals surface area contributed by atoms with Crippen LogP contribution in [0.1, 0.15) is 30.6 Å². The number of pyridine rings is 1. The summed E-state index contributed by atoms with van der Waals surface area (Å²) in [4.78, 5) is 4.30. The van der Waals surface area contributed by atoms with Gasteiger partial charge in [-0.15, -0.1) is 0 Å². The van der Waals surface area contributed by atoms with E-state index in [4.69, 9.17) is 15.7 Å². The molecule has 0 fully saturated rings. The van der Waals surface area contributed by atoms with Crippen molar-refractivity contribution in [1.82, 2.24) is 4.98 Å². The molecule has 0 aliphatic heterocycles. The van der Waals surface area contributed by atoms with Crippen molar-refractivity contribution in [3.8, 4) is 17.6 Å². The van der Waals surface area contributed by atoms with Gasteiger partial charge < -0.3 is 10.5 Å². The van der Waals surface area contributed by atoms with Gasteiger partial charge in [0.05, 0.1) is 24.4 Å². The predicted molar refractivity (Wildman–Crippen MR) is 77.3 cm³/mol. The Kier molecular flexibility index (Phi) is 4.70. The van der Waals surface area contributed by atoms with Gasteiger partial charge in [0.25, 0.3) is 0 Å². The Balaban J connectivity index is 2.04. The van der Waals surface area contributed by atoms with Crippen LogP contribution in [0.5, 0.6) is 11.5 Å². The molecule has 0 unspecified atom stereocenters. The Morgan fingerprint density at radius 3 is 2.45 bits per heavy atom. The number of aromatic nitrogens is 1. The normalized spacial score (nSPS) is 11.7. The molecule has 2 rings (SSSR count). The summed E-state index contributed by atoms with van der Waals surface area (Å²) in [6, 6.07) is 13.3. The van der Waals surface area contributed by atoms with E-state index in [0.29, 0.717) is 12.2 Å². The molecule has 1 heterocycles. The van der Waals surface area contributed by atoms with Crippen molar-refractivity contribution in [3.63, 3.8) is 0 Å². The number of nitrogens with zero attached hydrogens (tertiary/aromatic N) is 2. The molecule has 2 N–H and O–H groups in total. The van der Waals surface area contributed by atoms with Crippen molar-refractivity contribution < 1.29 is 4.74 Å². The minimum Gasteiger partial charge on any atom is -0.456 e. The zero-order valence-electron chi connectivity index (χ0n) is 11.4. The van der Waals surface area contributed by atoms with Crippen molar-refractivity contribution in [2.24, 2.45) is 5.73 Å². The third kappa shape index (κ3) is 3.56. The minimum absolute atomic E-state index is 0.0330. The van der Waals surface area contributed by atoms with Crippen molar-refractivity contribution in [3.05, 3.63) is 53.9 Å². The molecule has 0 amide bonds. The van der Waals surface area contributed by atoms with Crippen LogP contribution >= 0.6 is 0 Å². The summed E-state index contributed by atoms with van der Waals surface area (Å²) >= 11 is 0. The SMILES string of the molecule is CC[C@@H](N)c1ccc(Oc2ccc(CC#N)cc2)cn1. The van der Waals surface area contributed by atoms with Gasteiger partial charge in [0.2, 0.25) is 0 Å². The summed E-state index contributed by atoms with van der Waals surface area (Å²) in [5, 5.41) is 8.62. The van der Waals surface area contributed by atoms with E-state index >= 15 is 0 Å². The zero-order chi connectivity index (χ0) is 14.4. The van der Waals surface area contributed by atoms with Gasteiger partial charge in [0.15, 0.2) is 0 Å². The molecule has 1 atom stereocenters. The Morgan fingerprint density at radius 1 is 1.20 bits per heavy atom. The first-order chi connectivity index (χ1) is 9.72. The molecular weight excluding hydrogens is 250 g/mol. The fourth-order valence-electron chi connectivity index (χ4n) is 1.78. The maximum absolute atomic E-state index is 8.62. The molecule has 0 radical (unpaired) electrons. The van der Waals surface area contributed by atoms with Gasteiger partial charge in [-0.25, -0.2) is 0 Å². The first kappa shape index (κ1) is 14.0. The van der Waals surface area contributed by atoms with Gasteiger partial charge >= 0.3 is 0 Å². The molecule has 0 bridgehead atoms. The molecule has 20 heavy (non-hydrogen) atoms. The third-order valence-corrected chi connectivity index (χ3v) is 3.02. The van der Waals surface area contributed by atoms with Gasteiger partial charge in [0.1, 0.15) is 11.5 Å². The highest BCUT2D eigenvalue weighted by Crippen LogP contribution is 2.22. The van der Waals surface area contributed by atoms with Gasteiger partial charge in [-0.2, -0.15) is 5.26 Å². The molecule has 0 spiro atoms. The molecule has 0 aliphatic carbocycles. The van der Waals surface area contributed by atoms with Crippen LogP contribution in [0.15, 0.2) is 42.6 Å². The molecule has 102 valence electrons. The lowest BCUT2D eigenvalue weighted by Gasteiger charge is -2.09. The molecule has 0 saturated carbocycles. The molecule has 0 saturated heterocycles. The van der Waals surface area contributed by atoms with Crippen LogP contribution < -0.4 is 10.5 Å². The number of rotatable bonds is 5. The van der Waals surface area contributed by atoms with E-state index in [1.165, 1.54) is 0 Å². The lowest BCUT2D eigenvalue weighted by atomic mass is 10.1. The highest BCUT2D eigenvalue weighted by Gasteiger charge is 2.05. The number of nitriles is 1. The highest BCUT2D eigenvalue weighted by atomic mass is 16.5. The molecule has 4 nitrogen and oxygen atoms in total. The van der Waals surface area contributed by atoms with Crippen LogP contribution in [0, 0.1) is 11.3 Å². The Labute approximate surface area is 118 Å². The quantitative estimate of drug-likeness (QED) is 0.901. The summed E-state index contributed by atoms with van der Waals surface area (Å²) in [5.41, 5.74) is 7.75. The van der Waals surface area contributed by atoms with E-state index in [2.05, 4.69) is 11.1 Å². The van der Waals surface area contributed by atoms with E-state index in [1.54, 1.807) is 6.20 Å². The number of hydrogen-bond donors (Lipinski definition) is 1. The number of hydrogen-bond acceptors (Lipinski definition) is 4. The molecule has 4 heteroatoms. The van der Waals surface area contributed by atoms with E-state index in [1.807, 2.05) is 43.3 Å². The number of nitrogens with two attached hydrogens (primary N) is 1. The van der Waals surface area contributed by atoms with Crippen molar-refractivity contribution in [1.29, 1.82) is 5.26 Å². The molecule has 1 aromatic carbocycles. The van der Waals surface area contributed by atoms with Gasteiger partial charge in [0, 0.05) is 6.04 Å². The summed E-state index contributed by atoms with van der Waals surface area (Å²) < 4.78 is 5.69. The van der Waals surface area contributed by atoms with Crippen LogP contribution in [0.2, 0.25) is 0 Å². The summed E-state index contributed by atoms with van der Waals surface area (Å²) in [6.07, 6.45) is 2.94. The Morgan fingerprint density at radius 2 is 1.90 bits per heavy atom. The Bertz CT molecular complexity index is 585. The van der Waals surface area contributed by atoms with Gasteiger partial charge in [-0.1, -0.05) is 19.1 Å². The Hall–Kier alpha value is -2.38. The fourth-order valence-corrected chi connectivity index (χ4v) is 1.78. The molecule has 2 aromatic rings. The molecule has 1 aromatic heterocycles.